The maximum absolute atomic E-state index is 13.9. The third-order valence-corrected chi connectivity index (χ3v) is 6.70. The minimum absolute atomic E-state index is 0.176. The number of quaternary nitrogens is 1. The standard InChI is InChI=1S/C20H25F17N2OS/c1-11(12(40)38-7-5-8-39(2,3)4)10-41-9-6-13(21,22)14(23,24)15(25,26)16(27,28)17(29,30)18(31,32)19(33,34)20(35,36)37/h11H,5-10H2,1-4H3/p+1. The van der Waals surface area contributed by atoms with Crippen molar-refractivity contribution in [2.45, 2.75) is 67.4 Å². The number of hydrogen-bond donors (Lipinski definition) is 1. The largest absolute Gasteiger partial charge is 0.460 e. The second-order valence-electron chi connectivity index (χ2n) is 10.0. The highest BCUT2D eigenvalue weighted by Crippen LogP contribution is 2.64. The number of rotatable bonds is 16. The lowest BCUT2D eigenvalue weighted by atomic mass is 9.88. The molecular weight excluding hydrogens is 639 g/mol. The van der Waals surface area contributed by atoms with E-state index in [2.05, 4.69) is 5.32 Å². The third kappa shape index (κ3) is 7.76. The minimum Gasteiger partial charge on any atom is -0.356 e. The molecule has 0 heterocycles. The summed E-state index contributed by atoms with van der Waals surface area (Å²) >= 11 is 0.208. The molecule has 1 atom stereocenters. The molecule has 0 aliphatic rings. The van der Waals surface area contributed by atoms with Crippen LogP contribution >= 0.6 is 11.8 Å². The quantitative estimate of drug-likeness (QED) is 0.110. The summed E-state index contributed by atoms with van der Waals surface area (Å²) in [6.07, 6.45) is -9.79. The lowest BCUT2D eigenvalue weighted by Gasteiger charge is -2.42. The summed E-state index contributed by atoms with van der Waals surface area (Å²) in [4.78, 5) is 11.9. The number of carbonyl (C=O) groups excluding carboxylic acids is 1. The molecule has 21 heteroatoms. The predicted molar refractivity (Wildman–Crippen MR) is 112 cm³/mol. The van der Waals surface area contributed by atoms with E-state index in [1.807, 2.05) is 21.1 Å². The van der Waals surface area contributed by atoms with Crippen molar-refractivity contribution in [1.29, 1.82) is 0 Å². The second kappa shape index (κ2) is 12.3. The lowest BCUT2D eigenvalue weighted by Crippen LogP contribution is -2.74. The summed E-state index contributed by atoms with van der Waals surface area (Å²) in [7, 11) is 5.56. The van der Waals surface area contributed by atoms with Crippen LogP contribution in [0.5, 0.6) is 0 Å². The Morgan fingerprint density at radius 3 is 1.46 bits per heavy atom. The monoisotopic (exact) mass is 665 g/mol. The molecule has 3 nitrogen and oxygen atoms in total. The Labute approximate surface area is 226 Å². The first-order valence-electron chi connectivity index (χ1n) is 11.1. The number of nitrogens with one attached hydrogen (secondary N) is 1. The molecule has 246 valence electrons. The van der Waals surface area contributed by atoms with Crippen LogP contribution in [0.15, 0.2) is 0 Å². The fourth-order valence-electron chi connectivity index (χ4n) is 2.83. The van der Waals surface area contributed by atoms with Crippen LogP contribution < -0.4 is 5.32 Å². The van der Waals surface area contributed by atoms with Gasteiger partial charge >= 0.3 is 47.6 Å². The Bertz CT molecular complexity index is 884. The number of nitrogens with zero attached hydrogens (tertiary/aromatic N) is 1. The minimum atomic E-state index is -8.63. The fourth-order valence-corrected chi connectivity index (χ4v) is 3.90. The van der Waals surface area contributed by atoms with E-state index in [-0.39, 0.29) is 18.3 Å². The smallest absolute Gasteiger partial charge is 0.356 e. The fraction of sp³-hybridized carbons (Fsp3) is 0.950. The summed E-state index contributed by atoms with van der Waals surface area (Å²) in [6.45, 7) is 2.03. The van der Waals surface area contributed by atoms with Crippen LogP contribution in [0.2, 0.25) is 0 Å². The van der Waals surface area contributed by atoms with E-state index in [4.69, 9.17) is 0 Å². The molecule has 0 fully saturated rings. The van der Waals surface area contributed by atoms with Crippen molar-refractivity contribution < 1.29 is 83.9 Å². The average molecular weight is 665 g/mol. The van der Waals surface area contributed by atoms with E-state index < -0.39 is 77.4 Å². The van der Waals surface area contributed by atoms with Gasteiger partial charge in [0, 0.05) is 31.1 Å². The van der Waals surface area contributed by atoms with Gasteiger partial charge in [0.2, 0.25) is 5.91 Å². The van der Waals surface area contributed by atoms with Crippen LogP contribution in [-0.2, 0) is 4.79 Å². The van der Waals surface area contributed by atoms with Crippen molar-refractivity contribution in [2.24, 2.45) is 5.92 Å². The molecule has 1 amide bonds. The molecule has 0 aromatic rings. The Morgan fingerprint density at radius 1 is 0.683 bits per heavy atom. The molecule has 0 saturated heterocycles. The molecule has 1 N–H and O–H groups in total. The third-order valence-electron chi connectivity index (χ3n) is 5.47. The van der Waals surface area contributed by atoms with E-state index in [9.17, 15) is 79.4 Å². The van der Waals surface area contributed by atoms with Crippen molar-refractivity contribution in [3.8, 4) is 0 Å². The number of amides is 1. The summed E-state index contributed by atoms with van der Waals surface area (Å²) in [5, 5.41) is 2.45. The molecule has 0 spiro atoms. The van der Waals surface area contributed by atoms with Crippen LogP contribution in [0.25, 0.3) is 0 Å². The molecule has 0 aromatic carbocycles. The normalized spacial score (nSPS) is 16.1. The number of hydrogen-bond acceptors (Lipinski definition) is 2. The molecule has 1 unspecified atom stereocenters. The molecule has 0 saturated carbocycles. The zero-order valence-electron chi connectivity index (χ0n) is 21.5. The van der Waals surface area contributed by atoms with E-state index in [1.54, 1.807) is 0 Å². The van der Waals surface area contributed by atoms with Crippen LogP contribution in [0.4, 0.5) is 74.6 Å². The maximum Gasteiger partial charge on any atom is 0.460 e. The summed E-state index contributed by atoms with van der Waals surface area (Å²) < 4.78 is 226. The van der Waals surface area contributed by atoms with E-state index >= 15 is 0 Å². The van der Waals surface area contributed by atoms with Gasteiger partial charge in [-0.15, -0.1) is 0 Å². The maximum atomic E-state index is 13.9. The van der Waals surface area contributed by atoms with Gasteiger partial charge in [0.1, 0.15) is 0 Å². The van der Waals surface area contributed by atoms with Crippen molar-refractivity contribution in [1.82, 2.24) is 5.32 Å². The van der Waals surface area contributed by atoms with Gasteiger partial charge in [-0.25, -0.2) is 0 Å². The van der Waals surface area contributed by atoms with Gasteiger partial charge in [0.25, 0.3) is 0 Å². The number of alkyl halides is 17. The predicted octanol–water partition coefficient (Wildman–Crippen LogP) is 6.97. The molecular formula is C20H26F17N2OS+. The SMILES string of the molecule is CC(CSCCC(F)(F)C(F)(F)C(F)(F)C(F)(F)C(F)(F)C(F)(F)C(F)(F)C(F)(F)F)C(=O)NCCC[N+](C)(C)C. The molecule has 0 bridgehead atoms. The Morgan fingerprint density at radius 2 is 1.07 bits per heavy atom. The van der Waals surface area contributed by atoms with Crippen molar-refractivity contribution in [2.75, 3.05) is 45.7 Å². The van der Waals surface area contributed by atoms with Gasteiger partial charge in [0.15, 0.2) is 0 Å². The second-order valence-corrected chi connectivity index (χ2v) is 11.2. The lowest BCUT2D eigenvalue weighted by molar-refractivity contribution is -0.870. The molecule has 0 rings (SSSR count). The van der Waals surface area contributed by atoms with Gasteiger partial charge in [-0.2, -0.15) is 86.4 Å². The molecule has 0 radical (unpaired) electrons. The topological polar surface area (TPSA) is 29.1 Å². The van der Waals surface area contributed by atoms with Crippen molar-refractivity contribution >= 4 is 17.7 Å². The Balaban J connectivity index is 5.62. The number of halogens is 17. The van der Waals surface area contributed by atoms with Gasteiger partial charge in [-0.05, 0) is 5.75 Å². The zero-order chi connectivity index (χ0) is 33.3. The van der Waals surface area contributed by atoms with Gasteiger partial charge in [-0.3, -0.25) is 4.79 Å². The number of thioether (sulfide) groups is 1. The molecule has 0 aliphatic carbocycles. The first kappa shape index (κ1) is 39.6. The van der Waals surface area contributed by atoms with E-state index in [0.29, 0.717) is 17.4 Å². The summed E-state index contributed by atoms with van der Waals surface area (Å²) in [5.74, 6) is -59.7. The highest BCUT2D eigenvalue weighted by Gasteiger charge is 2.95. The first-order chi connectivity index (χ1) is 17.8. The number of carbonyl (C=O) groups is 1. The Kier molecular flexibility index (Phi) is 11.9. The highest BCUT2D eigenvalue weighted by atomic mass is 32.2. The summed E-state index contributed by atoms with van der Waals surface area (Å²) in [6, 6.07) is 0. The highest BCUT2D eigenvalue weighted by molar-refractivity contribution is 7.99. The van der Waals surface area contributed by atoms with Gasteiger partial charge in [-0.1, -0.05) is 6.92 Å². The van der Waals surface area contributed by atoms with Crippen LogP contribution in [0.3, 0.4) is 0 Å². The van der Waals surface area contributed by atoms with Crippen LogP contribution in [0, 0.1) is 5.92 Å². The van der Waals surface area contributed by atoms with Crippen LogP contribution in [-0.4, -0.2) is 104 Å². The first-order valence-corrected chi connectivity index (χ1v) is 12.3. The van der Waals surface area contributed by atoms with Crippen molar-refractivity contribution in [3.63, 3.8) is 0 Å². The van der Waals surface area contributed by atoms with E-state index in [0.717, 1.165) is 0 Å². The van der Waals surface area contributed by atoms with Crippen molar-refractivity contribution in [3.05, 3.63) is 0 Å². The van der Waals surface area contributed by atoms with Gasteiger partial charge in [0.05, 0.1) is 27.7 Å². The molecule has 41 heavy (non-hydrogen) atoms. The van der Waals surface area contributed by atoms with E-state index in [1.165, 1.54) is 6.92 Å². The summed E-state index contributed by atoms with van der Waals surface area (Å²) in [5.41, 5.74) is 0. The molecule has 0 aromatic heterocycles. The van der Waals surface area contributed by atoms with Gasteiger partial charge < -0.3 is 9.80 Å². The van der Waals surface area contributed by atoms with Crippen LogP contribution in [0.1, 0.15) is 19.8 Å². The molecule has 0 aliphatic heterocycles. The Hall–Kier alpha value is -1.41. The average Bonchev–Trinajstić information content (AvgIpc) is 2.76. The zero-order valence-corrected chi connectivity index (χ0v) is 22.3.